The van der Waals surface area contributed by atoms with Crippen LogP contribution in [0.5, 0.6) is 11.5 Å². The molecule has 0 atom stereocenters. The van der Waals surface area contributed by atoms with Crippen molar-refractivity contribution in [1.29, 1.82) is 5.26 Å². The highest BCUT2D eigenvalue weighted by Crippen LogP contribution is 2.43. The van der Waals surface area contributed by atoms with Crippen LogP contribution in [0.1, 0.15) is 28.7 Å². The molecule has 33 heavy (non-hydrogen) atoms. The Morgan fingerprint density at radius 3 is 2.27 bits per heavy atom. The molecule has 0 heterocycles. The van der Waals surface area contributed by atoms with Crippen LogP contribution in [0, 0.1) is 31.8 Å². The number of halogens is 3. The lowest BCUT2D eigenvalue weighted by Gasteiger charge is -2.20. The van der Waals surface area contributed by atoms with Gasteiger partial charge in [0.1, 0.15) is 17.1 Å². The van der Waals surface area contributed by atoms with E-state index in [1.165, 1.54) is 6.07 Å². The highest BCUT2D eigenvalue weighted by Gasteiger charge is 2.36. The van der Waals surface area contributed by atoms with E-state index < -0.39 is 11.7 Å². The average molecular weight is 450 g/mol. The largest absolute Gasteiger partial charge is 0.456 e. The Labute approximate surface area is 190 Å². The standard InChI is InChI=1S/C25H21F3N4O/c1-15-11-17(5-4-10-29)12-16(2)24(15)33-23-14-22(21(30)13-20(23)25(26,27)28)32-19-8-6-18(31-3)7-9-19/h6-9,11-14,32H,4-5,30H2,1-2H3. The molecule has 3 N–H and O–H groups in total. The van der Waals surface area contributed by atoms with Crippen molar-refractivity contribution < 1.29 is 17.9 Å². The Morgan fingerprint density at radius 1 is 1.09 bits per heavy atom. The number of benzene rings is 3. The van der Waals surface area contributed by atoms with Crippen molar-refractivity contribution in [3.63, 3.8) is 0 Å². The van der Waals surface area contributed by atoms with Gasteiger partial charge in [0, 0.05) is 18.2 Å². The predicted octanol–water partition coefficient (Wildman–Crippen LogP) is 7.45. The summed E-state index contributed by atoms with van der Waals surface area (Å²) >= 11 is 0. The topological polar surface area (TPSA) is 75.4 Å². The zero-order chi connectivity index (χ0) is 24.2. The van der Waals surface area contributed by atoms with Crippen molar-refractivity contribution in [3.8, 4) is 17.6 Å². The van der Waals surface area contributed by atoms with Crippen molar-refractivity contribution in [2.24, 2.45) is 0 Å². The minimum absolute atomic E-state index is 0.0933. The number of nitrogen functional groups attached to an aromatic ring is 1. The van der Waals surface area contributed by atoms with E-state index in [0.29, 0.717) is 41.1 Å². The van der Waals surface area contributed by atoms with Gasteiger partial charge in [0.2, 0.25) is 0 Å². The number of ether oxygens (including phenoxy) is 1. The van der Waals surface area contributed by atoms with Crippen molar-refractivity contribution in [1.82, 2.24) is 0 Å². The van der Waals surface area contributed by atoms with Crippen LogP contribution in [0.4, 0.5) is 35.9 Å². The molecular formula is C25H21F3N4O. The van der Waals surface area contributed by atoms with Crippen LogP contribution in [-0.4, -0.2) is 0 Å². The first-order valence-corrected chi connectivity index (χ1v) is 10.0. The van der Waals surface area contributed by atoms with Crippen LogP contribution in [0.15, 0.2) is 48.5 Å². The third-order valence-corrected chi connectivity index (χ3v) is 4.99. The van der Waals surface area contributed by atoms with Gasteiger partial charge < -0.3 is 15.8 Å². The zero-order valence-electron chi connectivity index (χ0n) is 18.0. The molecular weight excluding hydrogens is 429 g/mol. The quantitative estimate of drug-likeness (QED) is 0.302. The summed E-state index contributed by atoms with van der Waals surface area (Å²) in [6.07, 6.45) is -3.77. The predicted molar refractivity (Wildman–Crippen MR) is 122 cm³/mol. The maximum absolute atomic E-state index is 13.8. The summed E-state index contributed by atoms with van der Waals surface area (Å²) in [4.78, 5) is 3.31. The van der Waals surface area contributed by atoms with Gasteiger partial charge in [-0.2, -0.15) is 18.4 Å². The molecule has 8 heteroatoms. The maximum atomic E-state index is 13.8. The fourth-order valence-corrected chi connectivity index (χ4v) is 3.44. The fraction of sp³-hybridized carbons (Fsp3) is 0.200. The molecule has 0 aliphatic rings. The Balaban J connectivity index is 2.02. The molecule has 0 fully saturated rings. The number of alkyl halides is 3. The maximum Gasteiger partial charge on any atom is 0.420 e. The van der Waals surface area contributed by atoms with Crippen LogP contribution in [0.25, 0.3) is 4.85 Å². The van der Waals surface area contributed by atoms with E-state index in [9.17, 15) is 13.2 Å². The van der Waals surface area contributed by atoms with E-state index in [-0.39, 0.29) is 17.1 Å². The van der Waals surface area contributed by atoms with Crippen LogP contribution >= 0.6 is 0 Å². The molecule has 0 spiro atoms. The summed E-state index contributed by atoms with van der Waals surface area (Å²) in [5.41, 5.74) is 8.33. The van der Waals surface area contributed by atoms with E-state index >= 15 is 0 Å². The van der Waals surface area contributed by atoms with Crippen LogP contribution in [-0.2, 0) is 12.6 Å². The molecule has 0 aromatic heterocycles. The van der Waals surface area contributed by atoms with Crippen LogP contribution < -0.4 is 15.8 Å². The van der Waals surface area contributed by atoms with Crippen molar-refractivity contribution in [3.05, 3.63) is 82.2 Å². The van der Waals surface area contributed by atoms with Crippen LogP contribution in [0.3, 0.4) is 0 Å². The number of rotatable bonds is 6. The molecule has 0 aliphatic carbocycles. The van der Waals surface area contributed by atoms with Gasteiger partial charge in [-0.25, -0.2) is 4.85 Å². The summed E-state index contributed by atoms with van der Waals surface area (Å²) in [5.74, 6) is -0.0636. The first-order valence-electron chi connectivity index (χ1n) is 10.0. The first-order chi connectivity index (χ1) is 15.6. The molecule has 0 amide bonds. The zero-order valence-corrected chi connectivity index (χ0v) is 18.0. The minimum Gasteiger partial charge on any atom is -0.456 e. The van der Waals surface area contributed by atoms with Crippen molar-refractivity contribution in [2.45, 2.75) is 32.9 Å². The number of aryl methyl sites for hydroxylation is 3. The minimum atomic E-state index is -4.67. The number of nitrogens with zero attached hydrogens (tertiary/aromatic N) is 2. The van der Waals surface area contributed by atoms with Gasteiger partial charge in [0.15, 0.2) is 5.69 Å². The Morgan fingerprint density at radius 2 is 1.73 bits per heavy atom. The molecule has 168 valence electrons. The van der Waals surface area contributed by atoms with Crippen LogP contribution in [0.2, 0.25) is 0 Å². The first kappa shape index (κ1) is 23.5. The second-order valence-corrected chi connectivity index (χ2v) is 7.54. The third kappa shape index (κ3) is 5.55. The molecule has 3 aromatic rings. The Kier molecular flexibility index (Phi) is 6.79. The number of nitrogens with one attached hydrogen (secondary N) is 1. The van der Waals surface area contributed by atoms with Crippen molar-refractivity contribution in [2.75, 3.05) is 11.1 Å². The summed E-state index contributed by atoms with van der Waals surface area (Å²) in [7, 11) is 0. The number of anilines is 3. The number of nitrogens with two attached hydrogens (primary N) is 1. The molecule has 0 aliphatic heterocycles. The lowest BCUT2D eigenvalue weighted by molar-refractivity contribution is -0.138. The fourth-order valence-electron chi connectivity index (χ4n) is 3.44. The molecule has 0 unspecified atom stereocenters. The molecule has 5 nitrogen and oxygen atoms in total. The normalized spacial score (nSPS) is 10.9. The number of nitriles is 1. The number of hydrogen-bond donors (Lipinski definition) is 2. The summed E-state index contributed by atoms with van der Waals surface area (Å²) in [6.45, 7) is 10.5. The van der Waals surface area contributed by atoms with Gasteiger partial charge in [-0.1, -0.05) is 24.3 Å². The summed E-state index contributed by atoms with van der Waals surface area (Å²) in [6, 6.07) is 14.2. The van der Waals surface area contributed by atoms with Gasteiger partial charge in [-0.15, -0.1) is 0 Å². The van der Waals surface area contributed by atoms with E-state index in [1.54, 1.807) is 38.1 Å². The monoisotopic (exact) mass is 450 g/mol. The van der Waals surface area contributed by atoms with Gasteiger partial charge in [-0.05, 0) is 55.2 Å². The second kappa shape index (κ2) is 9.54. The van der Waals surface area contributed by atoms with Gasteiger partial charge in [-0.3, -0.25) is 0 Å². The summed E-state index contributed by atoms with van der Waals surface area (Å²) in [5, 5.41) is 11.8. The summed E-state index contributed by atoms with van der Waals surface area (Å²) < 4.78 is 47.1. The van der Waals surface area contributed by atoms with Gasteiger partial charge in [0.05, 0.1) is 24.0 Å². The van der Waals surface area contributed by atoms with E-state index in [4.69, 9.17) is 22.3 Å². The Hall–Kier alpha value is -4.17. The molecule has 0 bridgehead atoms. The average Bonchev–Trinajstić information content (AvgIpc) is 2.76. The number of hydrogen-bond acceptors (Lipinski definition) is 4. The molecule has 3 rings (SSSR count). The highest BCUT2D eigenvalue weighted by molar-refractivity contribution is 5.76. The third-order valence-electron chi connectivity index (χ3n) is 4.99. The van der Waals surface area contributed by atoms with Gasteiger partial charge >= 0.3 is 6.18 Å². The van der Waals surface area contributed by atoms with E-state index in [0.717, 1.165) is 11.6 Å². The smallest absolute Gasteiger partial charge is 0.420 e. The molecule has 0 saturated heterocycles. The SMILES string of the molecule is [C-]#[N+]c1ccc(Nc2cc(Oc3c(C)cc(CCC#N)cc3C)c(C(F)(F)F)cc2N)cc1. The van der Waals surface area contributed by atoms with Crippen molar-refractivity contribution >= 4 is 22.7 Å². The molecule has 3 aromatic carbocycles. The Bertz CT molecular complexity index is 1230. The molecule has 0 radical (unpaired) electrons. The highest BCUT2D eigenvalue weighted by atomic mass is 19.4. The lowest BCUT2D eigenvalue weighted by Crippen LogP contribution is -2.10. The lowest BCUT2D eigenvalue weighted by atomic mass is 10.0. The molecule has 0 saturated carbocycles. The van der Waals surface area contributed by atoms with E-state index in [1.807, 2.05) is 12.1 Å². The second-order valence-electron chi connectivity index (χ2n) is 7.54. The van der Waals surface area contributed by atoms with Gasteiger partial charge in [0.25, 0.3) is 0 Å². The van der Waals surface area contributed by atoms with E-state index in [2.05, 4.69) is 16.2 Å².